The predicted molar refractivity (Wildman–Crippen MR) is 68.2 cm³/mol. The van der Waals surface area contributed by atoms with Crippen molar-refractivity contribution >= 4 is 0 Å². The minimum Gasteiger partial charge on any atom is -0.481 e. The summed E-state index contributed by atoms with van der Waals surface area (Å²) in [5.74, 6) is 1.26. The maximum atomic E-state index is 5.06. The normalized spacial score (nSPS) is 10.6. The highest BCUT2D eigenvalue weighted by Gasteiger charge is 2.06. The number of ether oxygens (including phenoxy) is 1. The summed E-state index contributed by atoms with van der Waals surface area (Å²) < 4.78 is 5.06. The fourth-order valence-corrected chi connectivity index (χ4v) is 1.56. The fourth-order valence-electron chi connectivity index (χ4n) is 1.56. The second-order valence-corrected chi connectivity index (χ2v) is 3.88. The number of methoxy groups -OCH3 is 1. The summed E-state index contributed by atoms with van der Waals surface area (Å²) in [6, 6.07) is 1.75. The SMILES string of the molecule is CCCNCc1cnc(-c2cc(OC)ncn2)[nH]1. The van der Waals surface area contributed by atoms with Crippen molar-refractivity contribution in [2.24, 2.45) is 0 Å². The molecule has 0 unspecified atom stereocenters. The summed E-state index contributed by atoms with van der Waals surface area (Å²) in [6.07, 6.45) is 4.39. The summed E-state index contributed by atoms with van der Waals surface area (Å²) in [4.78, 5) is 15.6. The molecular weight excluding hydrogens is 230 g/mol. The maximum absolute atomic E-state index is 5.06. The van der Waals surface area contributed by atoms with E-state index in [1.165, 1.54) is 6.33 Å². The van der Waals surface area contributed by atoms with Crippen molar-refractivity contribution in [1.82, 2.24) is 25.3 Å². The van der Waals surface area contributed by atoms with Gasteiger partial charge in [0.2, 0.25) is 5.88 Å². The molecule has 2 heterocycles. The second kappa shape index (κ2) is 6.11. The number of H-pyrrole nitrogens is 1. The van der Waals surface area contributed by atoms with E-state index in [2.05, 4.69) is 32.2 Å². The first kappa shape index (κ1) is 12.5. The molecule has 0 spiro atoms. The quantitative estimate of drug-likeness (QED) is 0.754. The van der Waals surface area contributed by atoms with Crippen LogP contribution in [0.25, 0.3) is 11.5 Å². The molecule has 0 atom stereocenters. The Bertz CT molecular complexity index is 497. The van der Waals surface area contributed by atoms with E-state index in [0.717, 1.165) is 36.7 Å². The van der Waals surface area contributed by atoms with Crippen LogP contribution < -0.4 is 10.1 Å². The van der Waals surface area contributed by atoms with Crippen molar-refractivity contribution in [1.29, 1.82) is 0 Å². The van der Waals surface area contributed by atoms with Gasteiger partial charge < -0.3 is 15.0 Å². The Morgan fingerprint density at radius 2 is 2.22 bits per heavy atom. The van der Waals surface area contributed by atoms with Crippen molar-refractivity contribution < 1.29 is 4.74 Å². The number of aromatic amines is 1. The average molecular weight is 247 g/mol. The van der Waals surface area contributed by atoms with E-state index in [0.29, 0.717) is 5.88 Å². The Labute approximate surface area is 106 Å². The van der Waals surface area contributed by atoms with Crippen molar-refractivity contribution in [3.8, 4) is 17.4 Å². The van der Waals surface area contributed by atoms with E-state index in [-0.39, 0.29) is 0 Å². The molecule has 0 aliphatic carbocycles. The van der Waals surface area contributed by atoms with Crippen molar-refractivity contribution in [3.05, 3.63) is 24.3 Å². The Morgan fingerprint density at radius 3 is 3.00 bits per heavy atom. The molecule has 2 aromatic heterocycles. The molecule has 0 fully saturated rings. The van der Waals surface area contributed by atoms with E-state index < -0.39 is 0 Å². The third-order valence-corrected chi connectivity index (χ3v) is 2.46. The molecule has 0 saturated carbocycles. The molecule has 0 aliphatic heterocycles. The zero-order valence-corrected chi connectivity index (χ0v) is 10.6. The molecule has 2 rings (SSSR count). The molecule has 2 N–H and O–H groups in total. The standard InChI is InChI=1S/C12H17N5O/c1-3-4-13-6-9-7-14-12(17-9)10-5-11(18-2)16-8-15-10/h5,7-8,13H,3-4,6H2,1-2H3,(H,14,17). The average Bonchev–Trinajstić information content (AvgIpc) is 2.88. The smallest absolute Gasteiger partial charge is 0.216 e. The van der Waals surface area contributed by atoms with Crippen molar-refractivity contribution in [2.45, 2.75) is 19.9 Å². The first-order valence-corrected chi connectivity index (χ1v) is 5.94. The molecular formula is C12H17N5O. The van der Waals surface area contributed by atoms with Gasteiger partial charge in [-0.25, -0.2) is 15.0 Å². The van der Waals surface area contributed by atoms with Crippen LogP contribution in [-0.4, -0.2) is 33.6 Å². The highest BCUT2D eigenvalue weighted by Crippen LogP contribution is 2.16. The van der Waals surface area contributed by atoms with Gasteiger partial charge in [0.05, 0.1) is 13.3 Å². The Morgan fingerprint density at radius 1 is 1.33 bits per heavy atom. The number of aromatic nitrogens is 4. The molecule has 0 aromatic carbocycles. The minimum atomic E-state index is 0.530. The van der Waals surface area contributed by atoms with Crippen LogP contribution in [0.5, 0.6) is 5.88 Å². The summed E-state index contributed by atoms with van der Waals surface area (Å²) >= 11 is 0. The van der Waals surface area contributed by atoms with E-state index >= 15 is 0 Å². The van der Waals surface area contributed by atoms with Crippen LogP contribution in [0, 0.1) is 0 Å². The summed E-state index contributed by atoms with van der Waals surface area (Å²) in [5.41, 5.74) is 1.76. The van der Waals surface area contributed by atoms with Gasteiger partial charge >= 0.3 is 0 Å². The highest BCUT2D eigenvalue weighted by atomic mass is 16.5. The third kappa shape index (κ3) is 3.04. The first-order chi connectivity index (χ1) is 8.83. The van der Waals surface area contributed by atoms with Crippen LogP contribution in [0.1, 0.15) is 19.0 Å². The fraction of sp³-hybridized carbons (Fsp3) is 0.417. The first-order valence-electron chi connectivity index (χ1n) is 5.94. The molecule has 96 valence electrons. The number of imidazole rings is 1. The molecule has 0 bridgehead atoms. The van der Waals surface area contributed by atoms with Crippen molar-refractivity contribution in [3.63, 3.8) is 0 Å². The summed E-state index contributed by atoms with van der Waals surface area (Å²) in [6.45, 7) is 3.91. The lowest BCUT2D eigenvalue weighted by molar-refractivity contribution is 0.397. The zero-order chi connectivity index (χ0) is 12.8. The van der Waals surface area contributed by atoms with Gasteiger partial charge in [0.25, 0.3) is 0 Å². The van der Waals surface area contributed by atoms with Crippen LogP contribution in [0.3, 0.4) is 0 Å². The number of hydrogen-bond donors (Lipinski definition) is 2. The zero-order valence-electron chi connectivity index (χ0n) is 10.6. The molecule has 2 aromatic rings. The van der Waals surface area contributed by atoms with Crippen LogP contribution in [0.2, 0.25) is 0 Å². The lowest BCUT2D eigenvalue weighted by Gasteiger charge is -2.00. The molecule has 0 amide bonds. The second-order valence-electron chi connectivity index (χ2n) is 3.88. The highest BCUT2D eigenvalue weighted by molar-refractivity contribution is 5.50. The van der Waals surface area contributed by atoms with Crippen LogP contribution in [0.4, 0.5) is 0 Å². The number of rotatable bonds is 6. The van der Waals surface area contributed by atoms with Gasteiger partial charge in [0, 0.05) is 18.3 Å². The monoisotopic (exact) mass is 247 g/mol. The summed E-state index contributed by atoms with van der Waals surface area (Å²) in [5, 5.41) is 3.31. The van der Waals surface area contributed by atoms with Gasteiger partial charge in [-0.1, -0.05) is 6.92 Å². The van der Waals surface area contributed by atoms with E-state index in [1.807, 2.05) is 6.20 Å². The van der Waals surface area contributed by atoms with Crippen LogP contribution in [0.15, 0.2) is 18.6 Å². The Hall–Kier alpha value is -1.95. The van der Waals surface area contributed by atoms with Crippen LogP contribution >= 0.6 is 0 Å². The minimum absolute atomic E-state index is 0.530. The molecule has 0 radical (unpaired) electrons. The van der Waals surface area contributed by atoms with Gasteiger partial charge in [-0.2, -0.15) is 0 Å². The van der Waals surface area contributed by atoms with E-state index in [4.69, 9.17) is 4.74 Å². The predicted octanol–water partition coefficient (Wildman–Crippen LogP) is 1.37. The number of nitrogens with one attached hydrogen (secondary N) is 2. The van der Waals surface area contributed by atoms with Gasteiger partial charge in [-0.05, 0) is 13.0 Å². The largest absolute Gasteiger partial charge is 0.481 e. The van der Waals surface area contributed by atoms with Gasteiger partial charge in [0.1, 0.15) is 12.0 Å². The Balaban J connectivity index is 2.08. The van der Waals surface area contributed by atoms with Gasteiger partial charge in [-0.3, -0.25) is 0 Å². The molecule has 0 aliphatic rings. The van der Waals surface area contributed by atoms with Gasteiger partial charge in [-0.15, -0.1) is 0 Å². The van der Waals surface area contributed by atoms with Crippen LogP contribution in [-0.2, 0) is 6.54 Å². The Kier molecular flexibility index (Phi) is 4.25. The number of nitrogens with zero attached hydrogens (tertiary/aromatic N) is 3. The van der Waals surface area contributed by atoms with E-state index in [1.54, 1.807) is 13.2 Å². The molecule has 18 heavy (non-hydrogen) atoms. The van der Waals surface area contributed by atoms with Gasteiger partial charge in [0.15, 0.2) is 5.82 Å². The lowest BCUT2D eigenvalue weighted by Crippen LogP contribution is -2.13. The topological polar surface area (TPSA) is 75.7 Å². The molecule has 0 saturated heterocycles. The molecule has 6 heteroatoms. The van der Waals surface area contributed by atoms with E-state index in [9.17, 15) is 0 Å². The number of hydrogen-bond acceptors (Lipinski definition) is 5. The van der Waals surface area contributed by atoms with Crippen molar-refractivity contribution in [2.75, 3.05) is 13.7 Å². The third-order valence-electron chi connectivity index (χ3n) is 2.46. The molecule has 6 nitrogen and oxygen atoms in total. The summed E-state index contributed by atoms with van der Waals surface area (Å²) in [7, 11) is 1.58. The maximum Gasteiger partial charge on any atom is 0.216 e. The lowest BCUT2D eigenvalue weighted by atomic mass is 10.4.